The SMILES string of the molecule is C#C[C@@]1(O)CC[C@@]2(C)C(CCC3C2CC[C@@]2(C)C3CC[C@@H]2/C(C)=N/O)C1. The number of nitrogens with zero attached hydrogens (tertiary/aromatic N) is 1. The van der Waals surface area contributed by atoms with Crippen LogP contribution in [0.3, 0.4) is 0 Å². The normalized spacial score (nSPS) is 54.0. The first-order valence-electron chi connectivity index (χ1n) is 10.7. The lowest BCUT2D eigenvalue weighted by molar-refractivity contribution is -0.135. The van der Waals surface area contributed by atoms with E-state index in [4.69, 9.17) is 6.42 Å². The molecule has 0 amide bonds. The minimum atomic E-state index is -0.868. The molecular weight excluding hydrogens is 322 g/mol. The van der Waals surface area contributed by atoms with E-state index in [0.29, 0.717) is 22.7 Å². The van der Waals surface area contributed by atoms with Crippen molar-refractivity contribution in [1.82, 2.24) is 0 Å². The molecule has 0 aromatic heterocycles. The van der Waals surface area contributed by atoms with E-state index in [0.717, 1.165) is 42.7 Å². The Balaban J connectivity index is 1.60. The summed E-state index contributed by atoms with van der Waals surface area (Å²) in [6.45, 7) is 6.97. The molecule has 4 saturated carbocycles. The van der Waals surface area contributed by atoms with Crippen LogP contribution in [0.25, 0.3) is 0 Å². The van der Waals surface area contributed by atoms with E-state index < -0.39 is 5.60 Å². The Morgan fingerprint density at radius 3 is 2.42 bits per heavy atom. The summed E-state index contributed by atoms with van der Waals surface area (Å²) in [5.41, 5.74) is 0.707. The molecule has 26 heavy (non-hydrogen) atoms. The maximum atomic E-state index is 10.7. The highest BCUT2D eigenvalue weighted by molar-refractivity contribution is 5.84. The molecule has 0 aromatic carbocycles. The van der Waals surface area contributed by atoms with Crippen LogP contribution in [-0.2, 0) is 0 Å². The predicted molar refractivity (Wildman–Crippen MR) is 104 cm³/mol. The van der Waals surface area contributed by atoms with Gasteiger partial charge >= 0.3 is 0 Å². The molecular formula is C23H35NO2. The maximum Gasteiger partial charge on any atom is 0.125 e. The van der Waals surface area contributed by atoms with Crippen molar-refractivity contribution in [3.05, 3.63) is 0 Å². The van der Waals surface area contributed by atoms with Crippen LogP contribution >= 0.6 is 0 Å². The Morgan fingerprint density at radius 1 is 1.00 bits per heavy atom. The number of aliphatic hydroxyl groups is 1. The number of hydrogen-bond donors (Lipinski definition) is 2. The first kappa shape index (κ1) is 18.4. The third-order valence-corrected chi connectivity index (χ3v) is 9.66. The summed E-state index contributed by atoms with van der Waals surface area (Å²) < 4.78 is 0. The molecule has 0 radical (unpaired) electrons. The molecule has 0 bridgehead atoms. The molecule has 4 aliphatic carbocycles. The van der Waals surface area contributed by atoms with E-state index in [1.54, 1.807) is 0 Å². The van der Waals surface area contributed by atoms with Gasteiger partial charge in [-0.15, -0.1) is 6.42 Å². The fourth-order valence-electron chi connectivity index (χ4n) is 8.13. The molecule has 2 N–H and O–H groups in total. The number of rotatable bonds is 1. The predicted octanol–water partition coefficient (Wildman–Crippen LogP) is 4.86. The van der Waals surface area contributed by atoms with E-state index in [9.17, 15) is 10.3 Å². The zero-order chi connectivity index (χ0) is 18.7. The molecule has 4 fully saturated rings. The Kier molecular flexibility index (Phi) is 4.23. The highest BCUT2D eigenvalue weighted by atomic mass is 16.4. The van der Waals surface area contributed by atoms with Crippen LogP contribution in [-0.4, -0.2) is 21.6 Å². The first-order valence-corrected chi connectivity index (χ1v) is 10.7. The fourth-order valence-corrected chi connectivity index (χ4v) is 8.13. The third kappa shape index (κ3) is 2.40. The zero-order valence-electron chi connectivity index (χ0n) is 16.7. The van der Waals surface area contributed by atoms with Gasteiger partial charge in [0, 0.05) is 5.92 Å². The minimum absolute atomic E-state index is 0.300. The molecule has 4 unspecified atom stereocenters. The number of oxime groups is 1. The molecule has 3 heteroatoms. The van der Waals surface area contributed by atoms with Crippen molar-refractivity contribution in [2.45, 2.75) is 84.2 Å². The fraction of sp³-hybridized carbons (Fsp3) is 0.870. The van der Waals surface area contributed by atoms with E-state index in [1.165, 1.54) is 38.5 Å². The second kappa shape index (κ2) is 5.99. The summed E-state index contributed by atoms with van der Waals surface area (Å²) in [5.74, 6) is 6.03. The Labute approximate surface area is 158 Å². The molecule has 0 aliphatic heterocycles. The second-order valence-electron chi connectivity index (χ2n) is 10.5. The van der Waals surface area contributed by atoms with E-state index in [1.807, 2.05) is 6.92 Å². The number of terminal acetylenes is 1. The molecule has 0 saturated heterocycles. The summed E-state index contributed by atoms with van der Waals surface area (Å²) in [6.07, 6.45) is 15.8. The zero-order valence-corrected chi connectivity index (χ0v) is 16.7. The van der Waals surface area contributed by atoms with Crippen LogP contribution in [0.5, 0.6) is 0 Å². The Morgan fingerprint density at radius 2 is 1.73 bits per heavy atom. The molecule has 4 aliphatic rings. The lowest BCUT2D eigenvalue weighted by Crippen LogP contribution is -2.55. The standard InChI is InChI=1S/C23H35NO2/c1-5-23(25)13-12-21(3)16(14-23)6-7-17-19-9-8-18(15(2)24-26)22(19,4)11-10-20(17)21/h1,16-20,25-26H,6-14H2,2-4H3/b24-15+/t16?,17?,18-,19?,20?,21+,22-,23-/m1/s1. The Hall–Kier alpha value is -1.01. The van der Waals surface area contributed by atoms with Crippen molar-refractivity contribution in [3.8, 4) is 12.3 Å². The van der Waals surface area contributed by atoms with Gasteiger partial charge in [-0.25, -0.2) is 0 Å². The van der Waals surface area contributed by atoms with Gasteiger partial charge < -0.3 is 10.3 Å². The number of hydrogen-bond acceptors (Lipinski definition) is 3. The van der Waals surface area contributed by atoms with Crippen LogP contribution in [0.4, 0.5) is 0 Å². The van der Waals surface area contributed by atoms with Gasteiger partial charge in [0.1, 0.15) is 5.60 Å². The van der Waals surface area contributed by atoms with Gasteiger partial charge in [0.05, 0.1) is 5.71 Å². The van der Waals surface area contributed by atoms with Gasteiger partial charge in [-0.2, -0.15) is 0 Å². The molecule has 0 aromatic rings. The van der Waals surface area contributed by atoms with Gasteiger partial charge in [0.25, 0.3) is 0 Å². The average Bonchev–Trinajstić information content (AvgIpc) is 2.99. The molecule has 0 heterocycles. The van der Waals surface area contributed by atoms with Crippen molar-refractivity contribution in [1.29, 1.82) is 0 Å². The minimum Gasteiger partial charge on any atom is -0.411 e. The van der Waals surface area contributed by atoms with Crippen LogP contribution in [0.2, 0.25) is 0 Å². The van der Waals surface area contributed by atoms with E-state index in [-0.39, 0.29) is 0 Å². The second-order valence-corrected chi connectivity index (χ2v) is 10.5. The lowest BCUT2D eigenvalue weighted by Gasteiger charge is -2.61. The van der Waals surface area contributed by atoms with Crippen molar-refractivity contribution >= 4 is 5.71 Å². The summed E-state index contributed by atoms with van der Waals surface area (Å²) in [5, 5.41) is 23.6. The summed E-state index contributed by atoms with van der Waals surface area (Å²) >= 11 is 0. The summed E-state index contributed by atoms with van der Waals surface area (Å²) in [7, 11) is 0. The summed E-state index contributed by atoms with van der Waals surface area (Å²) in [6, 6.07) is 0. The summed E-state index contributed by atoms with van der Waals surface area (Å²) in [4.78, 5) is 0. The number of fused-ring (bicyclic) bond motifs is 5. The molecule has 3 nitrogen and oxygen atoms in total. The molecule has 144 valence electrons. The van der Waals surface area contributed by atoms with Crippen molar-refractivity contribution in [2.75, 3.05) is 0 Å². The maximum absolute atomic E-state index is 10.7. The van der Waals surface area contributed by atoms with E-state index in [2.05, 4.69) is 24.9 Å². The van der Waals surface area contributed by atoms with Gasteiger partial charge in [-0.05, 0) is 99.2 Å². The monoisotopic (exact) mass is 357 g/mol. The average molecular weight is 358 g/mol. The highest BCUT2D eigenvalue weighted by Crippen LogP contribution is 2.68. The highest BCUT2D eigenvalue weighted by Gasteiger charge is 2.61. The van der Waals surface area contributed by atoms with Gasteiger partial charge in [-0.3, -0.25) is 0 Å². The first-order chi connectivity index (χ1) is 12.3. The topological polar surface area (TPSA) is 52.8 Å². The largest absolute Gasteiger partial charge is 0.411 e. The van der Waals surface area contributed by atoms with E-state index >= 15 is 0 Å². The quantitative estimate of drug-likeness (QED) is 0.305. The lowest BCUT2D eigenvalue weighted by atomic mass is 9.44. The molecule has 8 atom stereocenters. The molecule has 0 spiro atoms. The molecule has 4 rings (SSSR count). The van der Waals surface area contributed by atoms with Crippen LogP contribution in [0.1, 0.15) is 78.6 Å². The van der Waals surface area contributed by atoms with Gasteiger partial charge in [0.15, 0.2) is 0 Å². The Bertz CT molecular complexity index is 651. The van der Waals surface area contributed by atoms with Crippen LogP contribution in [0, 0.1) is 52.8 Å². The van der Waals surface area contributed by atoms with Gasteiger partial charge in [0.2, 0.25) is 0 Å². The van der Waals surface area contributed by atoms with Crippen molar-refractivity contribution in [3.63, 3.8) is 0 Å². The van der Waals surface area contributed by atoms with Crippen molar-refractivity contribution < 1.29 is 10.3 Å². The van der Waals surface area contributed by atoms with Crippen LogP contribution < -0.4 is 0 Å². The third-order valence-electron chi connectivity index (χ3n) is 9.66. The van der Waals surface area contributed by atoms with Gasteiger partial charge in [-0.1, -0.05) is 24.9 Å². The van der Waals surface area contributed by atoms with Crippen molar-refractivity contribution in [2.24, 2.45) is 45.6 Å². The smallest absolute Gasteiger partial charge is 0.125 e. The van der Waals surface area contributed by atoms with Crippen LogP contribution in [0.15, 0.2) is 5.16 Å².